The van der Waals surface area contributed by atoms with E-state index in [-0.39, 0.29) is 28.6 Å². The first kappa shape index (κ1) is 22.7. The third-order valence-electron chi connectivity index (χ3n) is 5.20. The van der Waals surface area contributed by atoms with Gasteiger partial charge in [0.05, 0.1) is 34.0 Å². The van der Waals surface area contributed by atoms with Crippen LogP contribution in [0.2, 0.25) is 0 Å². The van der Waals surface area contributed by atoms with Gasteiger partial charge in [0.25, 0.3) is 0 Å². The Hall–Kier alpha value is -4.46. The molecule has 8 nitrogen and oxygen atoms in total. The van der Waals surface area contributed by atoms with Gasteiger partial charge in [-0.05, 0) is 36.4 Å². The van der Waals surface area contributed by atoms with E-state index in [1.165, 1.54) is 40.6 Å². The third kappa shape index (κ3) is 4.25. The second-order valence-electron chi connectivity index (χ2n) is 7.14. The standard InChI is InChI=1S/C26H22O8/c1-29-19-8-6-5-7-18(19)26(28)33-16-9-10-17-21(13-16)34-24(25(17)27)12-15-11-22(31-3)23(32-4)14-20(15)30-2/h5-14H,1-4H3/b24-12-. The summed E-state index contributed by atoms with van der Waals surface area (Å²) in [6.45, 7) is 0. The van der Waals surface area contributed by atoms with Crippen LogP contribution in [0.3, 0.4) is 0 Å². The SMILES string of the molecule is COc1cc(OC)c(OC)cc1/C=C1\Oc2cc(OC(=O)c3ccccc3OC)ccc2C1=O. The number of benzene rings is 3. The average Bonchev–Trinajstić information content (AvgIpc) is 3.17. The van der Waals surface area contributed by atoms with E-state index < -0.39 is 5.97 Å². The Bertz CT molecular complexity index is 1290. The lowest BCUT2D eigenvalue weighted by molar-refractivity contribution is 0.0731. The van der Waals surface area contributed by atoms with Crippen LogP contribution in [0.15, 0.2) is 60.4 Å². The number of Topliss-reactive ketones (excluding diaryl/α,β-unsaturated/α-hetero) is 1. The summed E-state index contributed by atoms with van der Waals surface area (Å²) in [5.41, 5.74) is 1.20. The molecule has 0 N–H and O–H groups in total. The van der Waals surface area contributed by atoms with Gasteiger partial charge in [-0.25, -0.2) is 4.79 Å². The maximum absolute atomic E-state index is 12.9. The minimum Gasteiger partial charge on any atom is -0.496 e. The molecule has 0 unspecified atom stereocenters. The fourth-order valence-electron chi connectivity index (χ4n) is 3.51. The number of allylic oxidation sites excluding steroid dienone is 1. The zero-order valence-electron chi connectivity index (χ0n) is 19.0. The molecule has 3 aromatic carbocycles. The van der Waals surface area contributed by atoms with E-state index in [4.69, 9.17) is 28.4 Å². The normalized spacial score (nSPS) is 13.2. The number of ether oxygens (including phenoxy) is 6. The highest BCUT2D eigenvalue weighted by Gasteiger charge is 2.29. The molecule has 0 saturated heterocycles. The molecule has 34 heavy (non-hydrogen) atoms. The Balaban J connectivity index is 1.61. The molecule has 0 aromatic heterocycles. The number of carbonyl (C=O) groups excluding carboxylic acids is 2. The Kier molecular flexibility index (Phi) is 6.40. The van der Waals surface area contributed by atoms with Crippen molar-refractivity contribution in [1.29, 1.82) is 0 Å². The minimum atomic E-state index is -0.590. The summed E-state index contributed by atoms with van der Waals surface area (Å²) in [6, 6.07) is 14.7. The highest BCUT2D eigenvalue weighted by atomic mass is 16.5. The zero-order chi connectivity index (χ0) is 24.2. The summed E-state index contributed by atoms with van der Waals surface area (Å²) in [4.78, 5) is 25.5. The summed E-state index contributed by atoms with van der Waals surface area (Å²) in [6.07, 6.45) is 1.56. The van der Waals surface area contributed by atoms with Crippen molar-refractivity contribution in [2.45, 2.75) is 0 Å². The van der Waals surface area contributed by atoms with Crippen LogP contribution in [-0.4, -0.2) is 40.2 Å². The lowest BCUT2D eigenvalue weighted by atomic mass is 10.1. The van der Waals surface area contributed by atoms with Crippen molar-refractivity contribution >= 4 is 17.8 Å². The van der Waals surface area contributed by atoms with Gasteiger partial charge in [0, 0.05) is 17.7 Å². The number of hydrogen-bond donors (Lipinski definition) is 0. The predicted octanol–water partition coefficient (Wildman–Crippen LogP) is 4.56. The Labute approximate surface area is 196 Å². The fraction of sp³-hybridized carbons (Fsp3) is 0.154. The summed E-state index contributed by atoms with van der Waals surface area (Å²) in [5, 5.41) is 0. The van der Waals surface area contributed by atoms with Crippen LogP contribution in [0.4, 0.5) is 0 Å². The van der Waals surface area contributed by atoms with Gasteiger partial charge in [-0.15, -0.1) is 0 Å². The molecule has 0 radical (unpaired) electrons. The number of ketones is 1. The molecule has 1 heterocycles. The van der Waals surface area contributed by atoms with Gasteiger partial charge < -0.3 is 28.4 Å². The molecule has 0 bridgehead atoms. The highest BCUT2D eigenvalue weighted by molar-refractivity contribution is 6.14. The summed E-state index contributed by atoms with van der Waals surface area (Å²) in [7, 11) is 6.02. The average molecular weight is 462 g/mol. The van der Waals surface area contributed by atoms with Gasteiger partial charge in [-0.2, -0.15) is 0 Å². The Morgan fingerprint density at radius 3 is 2.18 bits per heavy atom. The Morgan fingerprint density at radius 1 is 0.794 bits per heavy atom. The number of rotatable bonds is 7. The van der Waals surface area contributed by atoms with Gasteiger partial charge in [0.2, 0.25) is 5.78 Å². The maximum Gasteiger partial charge on any atom is 0.347 e. The molecule has 0 saturated carbocycles. The lowest BCUT2D eigenvalue weighted by Gasteiger charge is -2.12. The first-order chi connectivity index (χ1) is 16.5. The third-order valence-corrected chi connectivity index (χ3v) is 5.20. The molecular weight excluding hydrogens is 440 g/mol. The minimum absolute atomic E-state index is 0.0914. The van der Waals surface area contributed by atoms with Gasteiger partial charge in [0.15, 0.2) is 17.3 Å². The quantitative estimate of drug-likeness (QED) is 0.287. The van der Waals surface area contributed by atoms with Crippen molar-refractivity contribution in [1.82, 2.24) is 0 Å². The number of esters is 1. The van der Waals surface area contributed by atoms with Gasteiger partial charge in [0.1, 0.15) is 28.6 Å². The van der Waals surface area contributed by atoms with Crippen molar-refractivity contribution in [2.24, 2.45) is 0 Å². The van der Waals surface area contributed by atoms with Crippen LogP contribution in [0.1, 0.15) is 26.3 Å². The predicted molar refractivity (Wildman–Crippen MR) is 123 cm³/mol. The van der Waals surface area contributed by atoms with Crippen molar-refractivity contribution in [3.63, 3.8) is 0 Å². The van der Waals surface area contributed by atoms with E-state index in [0.29, 0.717) is 34.1 Å². The lowest BCUT2D eigenvalue weighted by Crippen LogP contribution is -2.10. The molecule has 0 atom stereocenters. The van der Waals surface area contributed by atoms with Crippen LogP contribution in [-0.2, 0) is 0 Å². The van der Waals surface area contributed by atoms with Gasteiger partial charge in [-0.1, -0.05) is 12.1 Å². The summed E-state index contributed by atoms with van der Waals surface area (Å²) < 4.78 is 32.5. The first-order valence-corrected chi connectivity index (χ1v) is 10.2. The smallest absolute Gasteiger partial charge is 0.347 e. The number of methoxy groups -OCH3 is 4. The number of carbonyl (C=O) groups is 2. The van der Waals surface area contributed by atoms with E-state index >= 15 is 0 Å². The van der Waals surface area contributed by atoms with E-state index in [1.807, 2.05) is 0 Å². The second-order valence-corrected chi connectivity index (χ2v) is 7.14. The van der Waals surface area contributed by atoms with Crippen molar-refractivity contribution < 1.29 is 38.0 Å². The number of para-hydroxylation sites is 1. The fourth-order valence-corrected chi connectivity index (χ4v) is 3.51. The van der Waals surface area contributed by atoms with Crippen LogP contribution < -0.4 is 28.4 Å². The van der Waals surface area contributed by atoms with Crippen molar-refractivity contribution in [3.8, 4) is 34.5 Å². The molecule has 1 aliphatic heterocycles. The molecule has 0 amide bonds. The molecule has 3 aromatic rings. The highest BCUT2D eigenvalue weighted by Crippen LogP contribution is 2.39. The van der Waals surface area contributed by atoms with Gasteiger partial charge in [-0.3, -0.25) is 4.79 Å². The van der Waals surface area contributed by atoms with E-state index in [2.05, 4.69) is 0 Å². The van der Waals surface area contributed by atoms with E-state index in [9.17, 15) is 9.59 Å². The number of hydrogen-bond acceptors (Lipinski definition) is 8. The second kappa shape index (κ2) is 9.58. The molecule has 174 valence electrons. The molecule has 0 spiro atoms. The van der Waals surface area contributed by atoms with E-state index in [0.717, 1.165) is 0 Å². The molecule has 8 heteroatoms. The molecule has 4 rings (SSSR count). The number of fused-ring (bicyclic) bond motifs is 1. The molecule has 1 aliphatic rings. The molecule has 0 fully saturated rings. The summed E-state index contributed by atoms with van der Waals surface area (Å²) in [5.74, 6) is 1.54. The van der Waals surface area contributed by atoms with Crippen LogP contribution >= 0.6 is 0 Å². The Morgan fingerprint density at radius 2 is 1.47 bits per heavy atom. The zero-order valence-corrected chi connectivity index (χ0v) is 19.0. The van der Waals surface area contributed by atoms with Crippen LogP contribution in [0.25, 0.3) is 6.08 Å². The first-order valence-electron chi connectivity index (χ1n) is 10.2. The van der Waals surface area contributed by atoms with E-state index in [1.54, 1.807) is 48.5 Å². The van der Waals surface area contributed by atoms with Crippen molar-refractivity contribution in [2.75, 3.05) is 28.4 Å². The maximum atomic E-state index is 12.9. The molecule has 0 aliphatic carbocycles. The van der Waals surface area contributed by atoms with Crippen molar-refractivity contribution in [3.05, 3.63) is 77.0 Å². The summed E-state index contributed by atoms with van der Waals surface area (Å²) >= 11 is 0. The largest absolute Gasteiger partial charge is 0.496 e. The van der Waals surface area contributed by atoms with Gasteiger partial charge >= 0.3 is 5.97 Å². The topological polar surface area (TPSA) is 89.5 Å². The van der Waals surface area contributed by atoms with Crippen LogP contribution in [0.5, 0.6) is 34.5 Å². The monoisotopic (exact) mass is 462 g/mol. The van der Waals surface area contributed by atoms with Crippen LogP contribution in [0, 0.1) is 0 Å². The molecular formula is C26H22O8.